The quantitative estimate of drug-likeness (QED) is 0.834. The van der Waals surface area contributed by atoms with Crippen LogP contribution in [-0.4, -0.2) is 42.1 Å². The number of nitrogens with zero attached hydrogens (tertiary/aromatic N) is 1. The molecule has 0 aromatic heterocycles. The number of carboxylic acid groups (broad SMARTS) is 1. The Bertz CT molecular complexity index is 571. The predicted molar refractivity (Wildman–Crippen MR) is 78.4 cm³/mol. The minimum absolute atomic E-state index is 0.140. The summed E-state index contributed by atoms with van der Waals surface area (Å²) in [6.45, 7) is 2.79. The summed E-state index contributed by atoms with van der Waals surface area (Å²) in [4.78, 5) is 10.8. The molecule has 0 aliphatic carbocycles. The monoisotopic (exact) mass is 319 g/mol. The molecule has 0 aliphatic heterocycles. The Kier molecular flexibility index (Phi) is 5.98. The van der Waals surface area contributed by atoms with Crippen LogP contribution < -0.4 is 0 Å². The lowest BCUT2D eigenvalue weighted by atomic mass is 10.2. The molecule has 0 amide bonds. The molecule has 0 unspecified atom stereocenters. The van der Waals surface area contributed by atoms with Crippen LogP contribution in [0.3, 0.4) is 0 Å². The molecule has 0 atom stereocenters. The number of carbonyl (C=O) groups is 1. The average molecular weight is 320 g/mol. The second kappa shape index (κ2) is 7.06. The topological polar surface area (TPSA) is 74.7 Å². The Labute approximate surface area is 124 Å². The first kappa shape index (κ1) is 16.9. The normalized spacial score (nSPS) is 12.1. The summed E-state index contributed by atoms with van der Waals surface area (Å²) in [5, 5.41) is 9.34. The van der Waals surface area contributed by atoms with Crippen LogP contribution in [0.1, 0.15) is 19.4 Å². The van der Waals surface area contributed by atoms with E-state index in [1.54, 1.807) is 38.1 Å². The molecule has 0 saturated heterocycles. The molecule has 0 radical (unpaired) electrons. The highest BCUT2D eigenvalue weighted by Crippen LogP contribution is 2.14. The van der Waals surface area contributed by atoms with Gasteiger partial charge in [-0.2, -0.15) is 4.31 Å². The Morgan fingerprint density at radius 1 is 1.40 bits per heavy atom. The van der Waals surface area contributed by atoms with Crippen molar-refractivity contribution in [3.05, 3.63) is 34.9 Å². The van der Waals surface area contributed by atoms with Crippen LogP contribution in [0.4, 0.5) is 0 Å². The minimum Gasteiger partial charge on any atom is -0.480 e. The van der Waals surface area contributed by atoms with E-state index in [0.717, 1.165) is 9.87 Å². The van der Waals surface area contributed by atoms with Crippen molar-refractivity contribution in [1.82, 2.24) is 4.31 Å². The van der Waals surface area contributed by atoms with Gasteiger partial charge in [0.2, 0.25) is 10.0 Å². The van der Waals surface area contributed by atoms with Gasteiger partial charge in [0, 0.05) is 11.1 Å². The number of aliphatic carboxylic acids is 1. The number of carboxylic acids is 1. The highest BCUT2D eigenvalue weighted by Gasteiger charge is 2.26. The second-order valence-corrected chi connectivity index (χ2v) is 7.21. The zero-order valence-electron chi connectivity index (χ0n) is 11.4. The molecule has 0 bridgehead atoms. The van der Waals surface area contributed by atoms with Crippen LogP contribution in [0.25, 0.3) is 0 Å². The fraction of sp³-hybridized carbons (Fsp3) is 0.462. The van der Waals surface area contributed by atoms with Crippen molar-refractivity contribution >= 4 is 27.6 Å². The third-order valence-electron chi connectivity index (χ3n) is 2.76. The third kappa shape index (κ3) is 5.11. The number of aryl methyl sites for hydroxylation is 1. The Hall–Kier alpha value is -1.11. The lowest BCUT2D eigenvalue weighted by molar-refractivity contribution is -0.137. The molecular formula is C13H18ClNO4S. The van der Waals surface area contributed by atoms with Gasteiger partial charge in [0.1, 0.15) is 6.54 Å². The molecule has 0 aliphatic rings. The number of benzene rings is 1. The van der Waals surface area contributed by atoms with Crippen molar-refractivity contribution in [2.45, 2.75) is 26.3 Å². The minimum atomic E-state index is -3.62. The second-order valence-electron chi connectivity index (χ2n) is 4.73. The SMILES string of the molecule is CC(C)N(CC(=O)O)S(=O)(=O)CCc1cccc(Cl)c1. The van der Waals surface area contributed by atoms with Crippen molar-refractivity contribution in [2.24, 2.45) is 0 Å². The van der Waals surface area contributed by atoms with Gasteiger partial charge in [0.25, 0.3) is 0 Å². The van der Waals surface area contributed by atoms with Crippen LogP contribution in [-0.2, 0) is 21.2 Å². The summed E-state index contributed by atoms with van der Waals surface area (Å²) < 4.78 is 25.4. The Morgan fingerprint density at radius 3 is 2.55 bits per heavy atom. The van der Waals surface area contributed by atoms with Crippen LogP contribution in [0.15, 0.2) is 24.3 Å². The van der Waals surface area contributed by atoms with Gasteiger partial charge in [0.15, 0.2) is 0 Å². The van der Waals surface area contributed by atoms with Crippen LogP contribution >= 0.6 is 11.6 Å². The van der Waals surface area contributed by atoms with Gasteiger partial charge in [-0.15, -0.1) is 0 Å². The number of halogens is 1. The molecule has 1 rings (SSSR count). The summed E-state index contributed by atoms with van der Waals surface area (Å²) in [5.74, 6) is -1.30. The standard InChI is InChI=1S/C13H18ClNO4S/c1-10(2)15(9-13(16)17)20(18,19)7-6-11-4-3-5-12(14)8-11/h3-5,8,10H,6-7,9H2,1-2H3,(H,16,17). The van der Waals surface area contributed by atoms with E-state index >= 15 is 0 Å². The van der Waals surface area contributed by atoms with Gasteiger partial charge in [-0.1, -0.05) is 23.7 Å². The average Bonchev–Trinajstić information content (AvgIpc) is 2.33. The zero-order chi connectivity index (χ0) is 15.3. The van der Waals surface area contributed by atoms with E-state index in [0.29, 0.717) is 11.4 Å². The number of rotatable bonds is 7. The van der Waals surface area contributed by atoms with Gasteiger partial charge in [0.05, 0.1) is 5.75 Å². The smallest absolute Gasteiger partial charge is 0.318 e. The van der Waals surface area contributed by atoms with Crippen molar-refractivity contribution in [3.63, 3.8) is 0 Å². The fourth-order valence-electron chi connectivity index (χ4n) is 1.79. The molecule has 0 fully saturated rings. The maximum atomic E-state index is 12.2. The molecule has 0 heterocycles. The van der Waals surface area contributed by atoms with Gasteiger partial charge in [-0.05, 0) is 38.0 Å². The number of hydrogen-bond donors (Lipinski definition) is 1. The zero-order valence-corrected chi connectivity index (χ0v) is 13.0. The molecule has 1 N–H and O–H groups in total. The summed E-state index contributed by atoms with van der Waals surface area (Å²) >= 11 is 5.84. The highest BCUT2D eigenvalue weighted by molar-refractivity contribution is 7.89. The molecule has 1 aromatic rings. The third-order valence-corrected chi connectivity index (χ3v) is 4.98. The number of hydrogen-bond acceptors (Lipinski definition) is 3. The van der Waals surface area contributed by atoms with E-state index in [1.165, 1.54) is 0 Å². The van der Waals surface area contributed by atoms with Crippen molar-refractivity contribution in [1.29, 1.82) is 0 Å². The summed E-state index contributed by atoms with van der Waals surface area (Å²) in [6.07, 6.45) is 0.297. The molecule has 5 nitrogen and oxygen atoms in total. The summed E-state index contributed by atoms with van der Waals surface area (Å²) in [7, 11) is -3.62. The van der Waals surface area contributed by atoms with E-state index in [4.69, 9.17) is 16.7 Å². The fourth-order valence-corrected chi connectivity index (χ4v) is 3.68. The lowest BCUT2D eigenvalue weighted by Gasteiger charge is -2.24. The van der Waals surface area contributed by atoms with Gasteiger partial charge < -0.3 is 5.11 Å². The molecule has 0 spiro atoms. The molecule has 1 aromatic carbocycles. The predicted octanol–water partition coefficient (Wildman–Crippen LogP) is 2.01. The highest BCUT2D eigenvalue weighted by atomic mass is 35.5. The van der Waals surface area contributed by atoms with E-state index in [2.05, 4.69) is 0 Å². The first-order valence-electron chi connectivity index (χ1n) is 6.18. The van der Waals surface area contributed by atoms with Crippen LogP contribution in [0.5, 0.6) is 0 Å². The van der Waals surface area contributed by atoms with E-state index in [9.17, 15) is 13.2 Å². The van der Waals surface area contributed by atoms with Gasteiger partial charge >= 0.3 is 5.97 Å². The molecule has 112 valence electrons. The van der Waals surface area contributed by atoms with Crippen molar-refractivity contribution < 1.29 is 18.3 Å². The van der Waals surface area contributed by atoms with E-state index in [1.807, 2.05) is 0 Å². The maximum absolute atomic E-state index is 12.2. The summed E-state index contributed by atoms with van der Waals surface area (Å²) in [5.41, 5.74) is 0.806. The lowest BCUT2D eigenvalue weighted by Crippen LogP contribution is -2.42. The molecule has 0 saturated carbocycles. The Morgan fingerprint density at radius 2 is 2.05 bits per heavy atom. The van der Waals surface area contributed by atoms with E-state index in [-0.39, 0.29) is 5.75 Å². The van der Waals surface area contributed by atoms with Gasteiger partial charge in [-0.25, -0.2) is 8.42 Å². The van der Waals surface area contributed by atoms with Crippen LogP contribution in [0, 0.1) is 0 Å². The van der Waals surface area contributed by atoms with Crippen molar-refractivity contribution in [2.75, 3.05) is 12.3 Å². The van der Waals surface area contributed by atoms with Crippen molar-refractivity contribution in [3.8, 4) is 0 Å². The largest absolute Gasteiger partial charge is 0.480 e. The first-order chi connectivity index (χ1) is 9.22. The molecular weight excluding hydrogens is 302 g/mol. The maximum Gasteiger partial charge on any atom is 0.318 e. The first-order valence-corrected chi connectivity index (χ1v) is 8.17. The Balaban J connectivity index is 2.79. The molecule has 20 heavy (non-hydrogen) atoms. The molecule has 7 heteroatoms. The number of sulfonamides is 1. The van der Waals surface area contributed by atoms with Crippen LogP contribution in [0.2, 0.25) is 5.02 Å². The van der Waals surface area contributed by atoms with Gasteiger partial charge in [-0.3, -0.25) is 4.79 Å². The van der Waals surface area contributed by atoms with E-state index < -0.39 is 28.6 Å². The summed E-state index contributed by atoms with van der Waals surface area (Å²) in [6, 6.07) is 6.56.